The Labute approximate surface area is 98.0 Å². The van der Waals surface area contributed by atoms with Gasteiger partial charge in [-0.3, -0.25) is 0 Å². The molecule has 0 fully saturated rings. The van der Waals surface area contributed by atoms with Crippen LogP contribution in [0.4, 0.5) is 0 Å². The van der Waals surface area contributed by atoms with Crippen LogP contribution in [0.25, 0.3) is 0 Å². The molecular weight excluding hydrogens is 224 g/mol. The molecule has 0 saturated heterocycles. The molecule has 0 aliphatic carbocycles. The van der Waals surface area contributed by atoms with Gasteiger partial charge in [-0.25, -0.2) is 9.97 Å². The Morgan fingerprint density at radius 3 is 2.33 bits per heavy atom. The van der Waals surface area contributed by atoms with Crippen LogP contribution in [0.2, 0.25) is 0 Å². The van der Waals surface area contributed by atoms with E-state index in [0.29, 0.717) is 5.92 Å². The second-order valence-electron chi connectivity index (χ2n) is 3.88. The Morgan fingerprint density at radius 2 is 1.80 bits per heavy atom. The summed E-state index contributed by atoms with van der Waals surface area (Å²) in [5, 5.41) is 6.58. The minimum absolute atomic E-state index is 0.521. The molecule has 2 aromatic heterocycles. The van der Waals surface area contributed by atoms with E-state index in [1.54, 1.807) is 22.7 Å². The van der Waals surface area contributed by atoms with E-state index < -0.39 is 0 Å². The molecule has 80 valence electrons. The zero-order valence-electron chi connectivity index (χ0n) is 9.15. The molecule has 0 aliphatic heterocycles. The molecule has 0 amide bonds. The van der Waals surface area contributed by atoms with Crippen LogP contribution in [0.1, 0.15) is 41.2 Å². The molecule has 0 saturated carbocycles. The van der Waals surface area contributed by atoms with Crippen molar-refractivity contribution in [1.29, 1.82) is 0 Å². The van der Waals surface area contributed by atoms with Gasteiger partial charge >= 0.3 is 0 Å². The fourth-order valence-corrected chi connectivity index (χ4v) is 3.11. The smallest absolute Gasteiger partial charge is 0.0996 e. The summed E-state index contributed by atoms with van der Waals surface area (Å²) in [6, 6.07) is 0. The third-order valence-corrected chi connectivity index (χ3v) is 3.96. The van der Waals surface area contributed by atoms with E-state index in [9.17, 15) is 0 Å². The molecule has 2 nitrogen and oxygen atoms in total. The van der Waals surface area contributed by atoms with Crippen LogP contribution in [-0.4, -0.2) is 9.97 Å². The van der Waals surface area contributed by atoms with Crippen molar-refractivity contribution < 1.29 is 0 Å². The van der Waals surface area contributed by atoms with E-state index in [1.165, 1.54) is 10.7 Å². The van der Waals surface area contributed by atoms with Crippen LogP contribution < -0.4 is 0 Å². The Bertz CT molecular complexity index is 443. The third-order valence-electron chi connectivity index (χ3n) is 2.13. The second kappa shape index (κ2) is 4.41. The molecule has 4 heteroatoms. The minimum Gasteiger partial charge on any atom is -0.246 e. The largest absolute Gasteiger partial charge is 0.246 e. The van der Waals surface area contributed by atoms with Crippen molar-refractivity contribution in [3.05, 3.63) is 32.2 Å². The maximum Gasteiger partial charge on any atom is 0.0996 e. The summed E-state index contributed by atoms with van der Waals surface area (Å²) in [5.41, 5.74) is 2.30. The first-order valence-electron chi connectivity index (χ1n) is 5.00. The summed E-state index contributed by atoms with van der Waals surface area (Å²) < 4.78 is 0. The van der Waals surface area contributed by atoms with Gasteiger partial charge in [-0.1, -0.05) is 13.8 Å². The lowest BCUT2D eigenvalue weighted by atomic mass is 10.2. The third kappa shape index (κ3) is 2.63. The SMILES string of the molecule is Cc1csc(Cc2nc(C(C)C)cs2)n1. The van der Waals surface area contributed by atoms with E-state index in [-0.39, 0.29) is 0 Å². The number of hydrogen-bond donors (Lipinski definition) is 0. The van der Waals surface area contributed by atoms with Crippen molar-refractivity contribution in [1.82, 2.24) is 9.97 Å². The second-order valence-corrected chi connectivity index (χ2v) is 5.77. The maximum atomic E-state index is 4.60. The molecule has 0 bridgehead atoms. The van der Waals surface area contributed by atoms with Crippen molar-refractivity contribution in [2.24, 2.45) is 0 Å². The van der Waals surface area contributed by atoms with E-state index in [1.807, 2.05) is 6.92 Å². The number of aromatic nitrogens is 2. The minimum atomic E-state index is 0.521. The number of rotatable bonds is 3. The van der Waals surface area contributed by atoms with E-state index in [4.69, 9.17) is 0 Å². The summed E-state index contributed by atoms with van der Waals surface area (Å²) >= 11 is 3.46. The van der Waals surface area contributed by atoms with Gasteiger partial charge in [-0.2, -0.15) is 0 Å². The molecule has 2 rings (SSSR count). The van der Waals surface area contributed by atoms with Crippen molar-refractivity contribution in [3.8, 4) is 0 Å². The Balaban J connectivity index is 2.11. The molecule has 2 heterocycles. The van der Waals surface area contributed by atoms with Crippen LogP contribution in [0.5, 0.6) is 0 Å². The van der Waals surface area contributed by atoms with E-state index in [2.05, 4.69) is 34.6 Å². The Morgan fingerprint density at radius 1 is 1.13 bits per heavy atom. The summed E-state index contributed by atoms with van der Waals surface area (Å²) in [7, 11) is 0. The fourth-order valence-electron chi connectivity index (χ4n) is 1.28. The fraction of sp³-hybridized carbons (Fsp3) is 0.455. The van der Waals surface area contributed by atoms with Gasteiger partial charge in [0, 0.05) is 16.5 Å². The number of aryl methyl sites for hydroxylation is 1. The van der Waals surface area contributed by atoms with Gasteiger partial charge in [0.1, 0.15) is 0 Å². The number of thiazole rings is 2. The summed E-state index contributed by atoms with van der Waals surface area (Å²) in [6.07, 6.45) is 0.885. The quantitative estimate of drug-likeness (QED) is 0.816. The zero-order chi connectivity index (χ0) is 10.8. The van der Waals surface area contributed by atoms with Crippen molar-refractivity contribution >= 4 is 22.7 Å². The molecule has 0 aliphatic rings. The van der Waals surface area contributed by atoms with Gasteiger partial charge in [0.05, 0.1) is 22.1 Å². The van der Waals surface area contributed by atoms with Gasteiger partial charge in [0.2, 0.25) is 0 Å². The van der Waals surface area contributed by atoms with Gasteiger partial charge in [0.15, 0.2) is 0 Å². The summed E-state index contributed by atoms with van der Waals surface area (Å²) in [4.78, 5) is 9.04. The first-order valence-corrected chi connectivity index (χ1v) is 6.76. The van der Waals surface area contributed by atoms with Crippen LogP contribution in [0.15, 0.2) is 10.8 Å². The highest BCUT2D eigenvalue weighted by molar-refractivity contribution is 7.11. The lowest BCUT2D eigenvalue weighted by molar-refractivity contribution is 0.824. The highest BCUT2D eigenvalue weighted by atomic mass is 32.1. The van der Waals surface area contributed by atoms with Gasteiger partial charge < -0.3 is 0 Å². The normalized spacial score (nSPS) is 11.2. The molecule has 0 N–H and O–H groups in total. The average Bonchev–Trinajstić information content (AvgIpc) is 2.76. The van der Waals surface area contributed by atoms with Gasteiger partial charge in [0.25, 0.3) is 0 Å². The molecule has 0 spiro atoms. The standard InChI is InChI=1S/C11H14N2S2/c1-7(2)9-6-15-11(13-9)4-10-12-8(3)5-14-10/h5-7H,4H2,1-3H3. The van der Waals surface area contributed by atoms with E-state index in [0.717, 1.165) is 17.1 Å². The Hall–Kier alpha value is -0.740. The number of hydrogen-bond acceptors (Lipinski definition) is 4. The average molecular weight is 238 g/mol. The molecule has 0 unspecified atom stereocenters. The predicted molar refractivity (Wildman–Crippen MR) is 65.9 cm³/mol. The van der Waals surface area contributed by atoms with Crippen molar-refractivity contribution in [3.63, 3.8) is 0 Å². The molecule has 2 aromatic rings. The maximum absolute atomic E-state index is 4.60. The summed E-state index contributed by atoms with van der Waals surface area (Å²) in [5.74, 6) is 0.521. The molecule has 0 radical (unpaired) electrons. The van der Waals surface area contributed by atoms with Crippen molar-refractivity contribution in [2.45, 2.75) is 33.1 Å². The van der Waals surface area contributed by atoms with Crippen LogP contribution in [0.3, 0.4) is 0 Å². The van der Waals surface area contributed by atoms with Crippen LogP contribution >= 0.6 is 22.7 Å². The van der Waals surface area contributed by atoms with E-state index >= 15 is 0 Å². The zero-order valence-corrected chi connectivity index (χ0v) is 10.8. The van der Waals surface area contributed by atoms with Gasteiger partial charge in [-0.05, 0) is 12.8 Å². The lowest BCUT2D eigenvalue weighted by Crippen LogP contribution is -1.90. The Kier molecular flexibility index (Phi) is 3.17. The monoisotopic (exact) mass is 238 g/mol. The van der Waals surface area contributed by atoms with Crippen LogP contribution in [0, 0.1) is 6.92 Å². The predicted octanol–water partition coefficient (Wildman–Crippen LogP) is 3.62. The number of nitrogens with zero attached hydrogens (tertiary/aromatic N) is 2. The highest BCUT2D eigenvalue weighted by Crippen LogP contribution is 2.21. The van der Waals surface area contributed by atoms with Crippen LogP contribution in [-0.2, 0) is 6.42 Å². The molecule has 15 heavy (non-hydrogen) atoms. The molecule has 0 aromatic carbocycles. The van der Waals surface area contributed by atoms with Gasteiger partial charge in [-0.15, -0.1) is 22.7 Å². The summed E-state index contributed by atoms with van der Waals surface area (Å²) in [6.45, 7) is 6.38. The lowest BCUT2D eigenvalue weighted by Gasteiger charge is -1.96. The topological polar surface area (TPSA) is 25.8 Å². The molecular formula is C11H14N2S2. The molecule has 0 atom stereocenters. The first-order chi connectivity index (χ1) is 7.15. The van der Waals surface area contributed by atoms with Crippen molar-refractivity contribution in [2.75, 3.05) is 0 Å². The highest BCUT2D eigenvalue weighted by Gasteiger charge is 2.07. The first kappa shape index (κ1) is 10.8.